The Kier molecular flexibility index (Phi) is 4.35. The van der Waals surface area contributed by atoms with Crippen LogP contribution in [0.25, 0.3) is 0 Å². The molecule has 0 aliphatic rings. The Bertz CT molecular complexity index is 730. The summed E-state index contributed by atoms with van der Waals surface area (Å²) in [5.41, 5.74) is 7.77. The summed E-state index contributed by atoms with van der Waals surface area (Å²) in [5, 5.41) is 0. The minimum Gasteiger partial charge on any atom is -0.398 e. The highest BCUT2D eigenvalue weighted by Crippen LogP contribution is 2.25. The Balaban J connectivity index is 2.36. The average Bonchev–Trinajstić information content (AvgIpc) is 2.41. The molecule has 2 aromatic rings. The van der Waals surface area contributed by atoms with Gasteiger partial charge in [0.2, 0.25) is 0 Å². The van der Waals surface area contributed by atoms with Crippen molar-refractivity contribution < 1.29 is 8.42 Å². The molecule has 0 atom stereocenters. The van der Waals surface area contributed by atoms with Crippen LogP contribution in [0.1, 0.15) is 12.5 Å². The summed E-state index contributed by atoms with van der Waals surface area (Å²) in [5.74, 6) is 0. The maximum Gasteiger partial charge on any atom is 0.262 e. The monoisotopic (exact) mass is 354 g/mol. The van der Waals surface area contributed by atoms with E-state index in [9.17, 15) is 8.42 Å². The molecule has 0 aliphatic heterocycles. The van der Waals surface area contributed by atoms with Crippen LogP contribution in [0, 0.1) is 0 Å². The molecule has 0 fully saturated rings. The Hall–Kier alpha value is -1.53. The first kappa shape index (κ1) is 14.9. The predicted molar refractivity (Wildman–Crippen MR) is 85.2 cm³/mol. The van der Waals surface area contributed by atoms with E-state index < -0.39 is 10.0 Å². The molecule has 0 bridgehead atoms. The molecule has 0 aliphatic carbocycles. The van der Waals surface area contributed by atoms with Gasteiger partial charge in [-0.15, -0.1) is 0 Å². The van der Waals surface area contributed by atoms with Gasteiger partial charge in [-0.2, -0.15) is 0 Å². The highest BCUT2D eigenvalue weighted by atomic mass is 79.9. The standard InChI is InChI=1S/C14H15BrN2O2S/c1-2-10-7-8-11(9-13(10)16)20(18,19)17-14-6-4-3-5-12(14)15/h3-9,17H,2,16H2,1H3. The molecule has 0 aromatic heterocycles. The number of nitrogens with two attached hydrogens (primary N) is 1. The molecule has 0 saturated heterocycles. The van der Waals surface area contributed by atoms with E-state index >= 15 is 0 Å². The van der Waals surface area contributed by atoms with E-state index in [-0.39, 0.29) is 4.90 Å². The number of sulfonamides is 1. The normalized spacial score (nSPS) is 11.3. The fourth-order valence-electron chi connectivity index (χ4n) is 1.81. The van der Waals surface area contributed by atoms with Crippen LogP contribution in [0.15, 0.2) is 51.8 Å². The number of nitrogen functional groups attached to an aromatic ring is 1. The molecule has 0 unspecified atom stereocenters. The molecular weight excluding hydrogens is 340 g/mol. The van der Waals surface area contributed by atoms with E-state index in [0.717, 1.165) is 12.0 Å². The lowest BCUT2D eigenvalue weighted by Crippen LogP contribution is -2.13. The van der Waals surface area contributed by atoms with E-state index in [1.54, 1.807) is 30.3 Å². The number of para-hydroxylation sites is 1. The van der Waals surface area contributed by atoms with Crippen LogP contribution in [0.3, 0.4) is 0 Å². The number of hydrogen-bond acceptors (Lipinski definition) is 3. The summed E-state index contributed by atoms with van der Waals surface area (Å²) < 4.78 is 27.9. The molecule has 6 heteroatoms. The maximum atomic E-state index is 12.3. The molecule has 0 heterocycles. The zero-order valence-electron chi connectivity index (χ0n) is 10.9. The molecule has 106 valence electrons. The van der Waals surface area contributed by atoms with Gasteiger partial charge in [0.05, 0.1) is 10.6 Å². The molecule has 2 rings (SSSR count). The third-order valence-corrected chi connectivity index (χ3v) is 4.98. The molecule has 4 nitrogen and oxygen atoms in total. The zero-order chi connectivity index (χ0) is 14.8. The highest BCUT2D eigenvalue weighted by Gasteiger charge is 2.16. The van der Waals surface area contributed by atoms with Crippen LogP contribution in [0.4, 0.5) is 11.4 Å². The molecule has 0 amide bonds. The van der Waals surface area contributed by atoms with Gasteiger partial charge in [-0.3, -0.25) is 4.72 Å². The van der Waals surface area contributed by atoms with Gasteiger partial charge in [0, 0.05) is 10.2 Å². The molecule has 20 heavy (non-hydrogen) atoms. The van der Waals surface area contributed by atoms with Crippen molar-refractivity contribution in [1.29, 1.82) is 0 Å². The van der Waals surface area contributed by atoms with Gasteiger partial charge >= 0.3 is 0 Å². The summed E-state index contributed by atoms with van der Waals surface area (Å²) in [7, 11) is -3.64. The summed E-state index contributed by atoms with van der Waals surface area (Å²) >= 11 is 3.31. The summed E-state index contributed by atoms with van der Waals surface area (Å²) in [4.78, 5) is 0.156. The van der Waals surface area contributed by atoms with Crippen molar-refractivity contribution in [2.24, 2.45) is 0 Å². The van der Waals surface area contributed by atoms with Crippen LogP contribution < -0.4 is 10.5 Å². The fraction of sp³-hybridized carbons (Fsp3) is 0.143. The number of nitrogens with one attached hydrogen (secondary N) is 1. The molecule has 2 aromatic carbocycles. The Morgan fingerprint density at radius 3 is 2.50 bits per heavy atom. The van der Waals surface area contributed by atoms with Gasteiger partial charge in [-0.25, -0.2) is 8.42 Å². The Labute approximate surface area is 127 Å². The first-order chi connectivity index (χ1) is 9.44. The zero-order valence-corrected chi connectivity index (χ0v) is 13.3. The van der Waals surface area contributed by atoms with Gasteiger partial charge in [-0.1, -0.05) is 25.1 Å². The predicted octanol–water partition coefficient (Wildman–Crippen LogP) is 3.39. The van der Waals surface area contributed by atoms with Gasteiger partial charge < -0.3 is 5.73 Å². The van der Waals surface area contributed by atoms with Crippen LogP contribution >= 0.6 is 15.9 Å². The van der Waals surface area contributed by atoms with Gasteiger partial charge in [0.15, 0.2) is 0 Å². The van der Waals surface area contributed by atoms with Gasteiger partial charge in [0.1, 0.15) is 0 Å². The van der Waals surface area contributed by atoms with E-state index in [0.29, 0.717) is 15.8 Å². The average molecular weight is 355 g/mol. The van der Waals surface area contributed by atoms with Crippen molar-refractivity contribution in [3.05, 3.63) is 52.5 Å². The smallest absolute Gasteiger partial charge is 0.262 e. The molecule has 0 radical (unpaired) electrons. The van der Waals surface area contributed by atoms with Crippen LogP contribution in [-0.4, -0.2) is 8.42 Å². The largest absolute Gasteiger partial charge is 0.398 e. The fourth-order valence-corrected chi connectivity index (χ4v) is 3.44. The van der Waals surface area contributed by atoms with E-state index in [1.165, 1.54) is 6.07 Å². The number of halogens is 1. The lowest BCUT2D eigenvalue weighted by atomic mass is 10.1. The molecule has 3 N–H and O–H groups in total. The van der Waals surface area contributed by atoms with Crippen LogP contribution in [-0.2, 0) is 16.4 Å². The lowest BCUT2D eigenvalue weighted by molar-refractivity contribution is 0.601. The van der Waals surface area contributed by atoms with Crippen LogP contribution in [0.5, 0.6) is 0 Å². The first-order valence-corrected chi connectivity index (χ1v) is 8.37. The molecular formula is C14H15BrN2O2S. The SMILES string of the molecule is CCc1ccc(S(=O)(=O)Nc2ccccc2Br)cc1N. The van der Waals surface area contributed by atoms with Crippen LogP contribution in [0.2, 0.25) is 0 Å². The minimum absolute atomic E-state index is 0.156. The third kappa shape index (κ3) is 3.13. The maximum absolute atomic E-state index is 12.3. The van der Waals surface area contributed by atoms with Crippen molar-refractivity contribution in [2.75, 3.05) is 10.5 Å². The van der Waals surface area contributed by atoms with Gasteiger partial charge in [-0.05, 0) is 52.2 Å². The van der Waals surface area contributed by atoms with Crippen molar-refractivity contribution >= 4 is 37.3 Å². The number of benzene rings is 2. The van der Waals surface area contributed by atoms with Crippen molar-refractivity contribution in [2.45, 2.75) is 18.2 Å². The topological polar surface area (TPSA) is 72.2 Å². The lowest BCUT2D eigenvalue weighted by Gasteiger charge is -2.11. The second-order valence-electron chi connectivity index (χ2n) is 4.30. The minimum atomic E-state index is -3.64. The number of anilines is 2. The van der Waals surface area contributed by atoms with Crippen molar-refractivity contribution in [3.8, 4) is 0 Å². The quantitative estimate of drug-likeness (QED) is 0.826. The summed E-state index contributed by atoms with van der Waals surface area (Å²) in [6.07, 6.45) is 0.768. The molecule has 0 spiro atoms. The highest BCUT2D eigenvalue weighted by molar-refractivity contribution is 9.10. The van der Waals surface area contributed by atoms with E-state index in [4.69, 9.17) is 5.73 Å². The number of hydrogen-bond donors (Lipinski definition) is 2. The number of rotatable bonds is 4. The second kappa shape index (κ2) is 5.85. The Morgan fingerprint density at radius 2 is 1.90 bits per heavy atom. The van der Waals surface area contributed by atoms with E-state index in [1.807, 2.05) is 13.0 Å². The van der Waals surface area contributed by atoms with Gasteiger partial charge in [0.25, 0.3) is 10.0 Å². The van der Waals surface area contributed by atoms with E-state index in [2.05, 4.69) is 20.7 Å². The van der Waals surface area contributed by atoms with Crippen molar-refractivity contribution in [1.82, 2.24) is 0 Å². The third-order valence-electron chi connectivity index (χ3n) is 2.93. The van der Waals surface area contributed by atoms with Crippen molar-refractivity contribution in [3.63, 3.8) is 0 Å². The molecule has 0 saturated carbocycles. The Morgan fingerprint density at radius 1 is 1.20 bits per heavy atom. The number of aryl methyl sites for hydroxylation is 1. The summed E-state index contributed by atoms with van der Waals surface area (Å²) in [6, 6.07) is 11.8. The summed E-state index contributed by atoms with van der Waals surface area (Å²) in [6.45, 7) is 1.97. The second-order valence-corrected chi connectivity index (χ2v) is 6.84. The first-order valence-electron chi connectivity index (χ1n) is 6.10.